The summed E-state index contributed by atoms with van der Waals surface area (Å²) in [5.74, 6) is 0.756. The van der Waals surface area contributed by atoms with Crippen molar-refractivity contribution in [1.29, 1.82) is 0 Å². The molecule has 0 aliphatic heterocycles. The summed E-state index contributed by atoms with van der Waals surface area (Å²) in [6, 6.07) is 20.7. The third kappa shape index (κ3) is 6.63. The van der Waals surface area contributed by atoms with E-state index in [1.54, 1.807) is 36.4 Å². The number of hydrogen-bond acceptors (Lipinski definition) is 5. The highest BCUT2D eigenvalue weighted by Crippen LogP contribution is 2.28. The van der Waals surface area contributed by atoms with Gasteiger partial charge in [-0.3, -0.25) is 4.79 Å². The number of aryl methyl sites for hydroxylation is 1. The van der Waals surface area contributed by atoms with Crippen molar-refractivity contribution >= 4 is 21.6 Å². The summed E-state index contributed by atoms with van der Waals surface area (Å²) in [6.45, 7) is 8.61. The molecule has 0 N–H and O–H groups in total. The second-order valence-corrected chi connectivity index (χ2v) is 11.2. The third-order valence-corrected chi connectivity index (χ3v) is 7.38. The van der Waals surface area contributed by atoms with E-state index in [2.05, 4.69) is 20.8 Å². The van der Waals surface area contributed by atoms with Crippen LogP contribution in [0.4, 0.5) is 5.69 Å². The quantitative estimate of drug-likeness (QED) is 0.347. The number of nitrogens with zero attached hydrogens (tertiary/aromatic N) is 1. The van der Waals surface area contributed by atoms with Crippen molar-refractivity contribution in [3.63, 3.8) is 0 Å². The van der Waals surface area contributed by atoms with Gasteiger partial charge in [-0.25, -0.2) is 12.7 Å². The molecule has 0 bridgehead atoms. The highest BCUT2D eigenvalue weighted by Gasteiger charge is 2.30. The minimum Gasteiger partial charge on any atom is -0.497 e. The number of carbonyl (C=O) groups excluding carboxylic acids is 1. The van der Waals surface area contributed by atoms with Crippen LogP contribution in [0.3, 0.4) is 0 Å². The summed E-state index contributed by atoms with van der Waals surface area (Å²) in [5.41, 5.74) is 2.45. The number of hydrogen-bond donors (Lipinski definition) is 0. The molecule has 186 valence electrons. The molecule has 1 amide bonds. The Hall–Kier alpha value is -3.32. The lowest BCUT2D eigenvalue weighted by molar-refractivity contribution is -0.117. The number of amides is 1. The first-order chi connectivity index (χ1) is 16.5. The number of ether oxygens (including phenoxy) is 2. The summed E-state index contributed by atoms with van der Waals surface area (Å²) in [6.07, 6.45) is 0.382. The van der Waals surface area contributed by atoms with E-state index in [1.165, 1.54) is 24.8 Å². The molecule has 0 aliphatic carbocycles. The Bertz CT molecular complexity index is 1230. The van der Waals surface area contributed by atoms with Gasteiger partial charge in [0, 0.05) is 6.42 Å². The van der Waals surface area contributed by atoms with Gasteiger partial charge >= 0.3 is 0 Å². The van der Waals surface area contributed by atoms with Gasteiger partial charge in [0.2, 0.25) is 5.91 Å². The first-order valence-corrected chi connectivity index (χ1v) is 13.0. The number of carbonyl (C=O) groups is 1. The number of methoxy groups -OCH3 is 1. The van der Waals surface area contributed by atoms with E-state index < -0.39 is 15.9 Å². The van der Waals surface area contributed by atoms with Crippen molar-refractivity contribution in [2.75, 3.05) is 18.0 Å². The van der Waals surface area contributed by atoms with Crippen molar-refractivity contribution in [3.05, 3.63) is 83.9 Å². The zero-order chi connectivity index (χ0) is 25.6. The number of benzene rings is 3. The van der Waals surface area contributed by atoms with E-state index in [4.69, 9.17) is 9.47 Å². The Labute approximate surface area is 208 Å². The molecule has 0 fully saturated rings. The van der Waals surface area contributed by atoms with Crippen molar-refractivity contribution in [3.8, 4) is 11.5 Å². The molecule has 0 spiro atoms. The van der Waals surface area contributed by atoms with E-state index in [0.29, 0.717) is 24.5 Å². The molecule has 6 nitrogen and oxygen atoms in total. The van der Waals surface area contributed by atoms with E-state index in [0.717, 1.165) is 9.87 Å². The molecule has 0 unspecified atom stereocenters. The molecule has 3 aromatic rings. The lowest BCUT2D eigenvalue weighted by Crippen LogP contribution is -2.37. The van der Waals surface area contributed by atoms with Crippen LogP contribution in [0.1, 0.15) is 44.7 Å². The van der Waals surface area contributed by atoms with Crippen LogP contribution in [0.2, 0.25) is 0 Å². The third-order valence-electron chi connectivity index (χ3n) is 5.62. The van der Waals surface area contributed by atoms with Crippen LogP contribution in [0.25, 0.3) is 0 Å². The minimum absolute atomic E-state index is 0.0111. The molecule has 0 radical (unpaired) electrons. The summed E-state index contributed by atoms with van der Waals surface area (Å²) < 4.78 is 38.7. The summed E-state index contributed by atoms with van der Waals surface area (Å²) >= 11 is 0. The maximum atomic E-state index is 13.4. The summed E-state index contributed by atoms with van der Waals surface area (Å²) in [5, 5.41) is 0. The van der Waals surface area contributed by atoms with Crippen LogP contribution in [0, 0.1) is 6.92 Å². The van der Waals surface area contributed by atoms with E-state index in [-0.39, 0.29) is 22.4 Å². The molecule has 0 aromatic heterocycles. The number of rotatable bonds is 9. The summed E-state index contributed by atoms with van der Waals surface area (Å²) in [7, 11) is -2.57. The second kappa shape index (κ2) is 11.0. The largest absolute Gasteiger partial charge is 0.497 e. The van der Waals surface area contributed by atoms with Gasteiger partial charge in [0.15, 0.2) is 0 Å². The topological polar surface area (TPSA) is 72.9 Å². The molecule has 7 heteroatoms. The van der Waals surface area contributed by atoms with Crippen LogP contribution in [-0.4, -0.2) is 28.0 Å². The standard InChI is InChI=1S/C28H33NO5S/c1-21-8-18-26(19-9-21)35(31,32)29(23-12-16-24(33-5)17-13-23)27(30)7-6-20-34-25-14-10-22(11-15-25)28(2,3)4/h8-19H,6-7,20H2,1-5H3. The first-order valence-electron chi connectivity index (χ1n) is 11.5. The first kappa shape index (κ1) is 26.3. The van der Waals surface area contributed by atoms with Gasteiger partial charge in [0.1, 0.15) is 11.5 Å². The lowest BCUT2D eigenvalue weighted by Gasteiger charge is -2.23. The van der Waals surface area contributed by atoms with Crippen LogP contribution in [-0.2, 0) is 20.2 Å². The van der Waals surface area contributed by atoms with Gasteiger partial charge in [0.25, 0.3) is 10.0 Å². The van der Waals surface area contributed by atoms with Crippen LogP contribution >= 0.6 is 0 Å². The molecule has 35 heavy (non-hydrogen) atoms. The van der Waals surface area contributed by atoms with Crippen molar-refractivity contribution < 1.29 is 22.7 Å². The fourth-order valence-corrected chi connectivity index (χ4v) is 4.97. The van der Waals surface area contributed by atoms with Gasteiger partial charge < -0.3 is 9.47 Å². The maximum Gasteiger partial charge on any atom is 0.270 e. The average molecular weight is 496 g/mol. The zero-order valence-electron chi connectivity index (χ0n) is 20.9. The molecule has 0 atom stereocenters. The molecular weight excluding hydrogens is 462 g/mol. The SMILES string of the molecule is COc1ccc(N(C(=O)CCCOc2ccc(C(C)(C)C)cc2)S(=O)(=O)c2ccc(C)cc2)cc1. The highest BCUT2D eigenvalue weighted by molar-refractivity contribution is 7.93. The van der Waals surface area contributed by atoms with Gasteiger partial charge in [-0.15, -0.1) is 0 Å². The smallest absolute Gasteiger partial charge is 0.270 e. The lowest BCUT2D eigenvalue weighted by atomic mass is 9.87. The monoisotopic (exact) mass is 495 g/mol. The predicted octanol–water partition coefficient (Wildman–Crippen LogP) is 5.88. The minimum atomic E-state index is -4.10. The van der Waals surface area contributed by atoms with E-state index in [1.807, 2.05) is 31.2 Å². The van der Waals surface area contributed by atoms with E-state index in [9.17, 15) is 13.2 Å². The molecule has 3 aromatic carbocycles. The Morgan fingerprint density at radius 3 is 1.97 bits per heavy atom. The average Bonchev–Trinajstić information content (AvgIpc) is 2.82. The Morgan fingerprint density at radius 2 is 1.43 bits per heavy atom. The summed E-state index contributed by atoms with van der Waals surface area (Å²) in [4.78, 5) is 13.3. The van der Waals surface area contributed by atoms with Crippen LogP contribution in [0.5, 0.6) is 11.5 Å². The number of anilines is 1. The molecule has 3 rings (SSSR count). The maximum absolute atomic E-state index is 13.4. The normalized spacial score (nSPS) is 11.7. The van der Waals surface area contributed by atoms with Crippen LogP contribution in [0.15, 0.2) is 77.7 Å². The Kier molecular flexibility index (Phi) is 8.22. The number of sulfonamides is 1. The molecule has 0 saturated carbocycles. The van der Waals surface area contributed by atoms with Crippen LogP contribution < -0.4 is 13.8 Å². The fraction of sp³-hybridized carbons (Fsp3) is 0.321. The zero-order valence-corrected chi connectivity index (χ0v) is 21.8. The van der Waals surface area contributed by atoms with Gasteiger partial charge in [-0.1, -0.05) is 50.6 Å². The van der Waals surface area contributed by atoms with Crippen molar-refractivity contribution in [2.24, 2.45) is 0 Å². The highest BCUT2D eigenvalue weighted by atomic mass is 32.2. The van der Waals surface area contributed by atoms with Gasteiger partial charge in [-0.05, 0) is 72.9 Å². The predicted molar refractivity (Wildman–Crippen MR) is 139 cm³/mol. The fourth-order valence-electron chi connectivity index (χ4n) is 3.52. The van der Waals surface area contributed by atoms with Crippen molar-refractivity contribution in [1.82, 2.24) is 0 Å². The molecular formula is C28H33NO5S. The molecule has 0 saturated heterocycles. The Balaban J connectivity index is 1.73. The second-order valence-electron chi connectivity index (χ2n) is 9.40. The van der Waals surface area contributed by atoms with Crippen molar-refractivity contribution in [2.45, 2.75) is 50.8 Å². The molecule has 0 heterocycles. The molecule has 0 aliphatic rings. The van der Waals surface area contributed by atoms with E-state index >= 15 is 0 Å². The Morgan fingerprint density at radius 1 is 0.857 bits per heavy atom. The van der Waals surface area contributed by atoms with Gasteiger partial charge in [-0.2, -0.15) is 0 Å². The van der Waals surface area contributed by atoms with Gasteiger partial charge in [0.05, 0.1) is 24.3 Å².